The summed E-state index contributed by atoms with van der Waals surface area (Å²) in [6.45, 7) is 3.45. The van der Waals surface area contributed by atoms with Gasteiger partial charge in [0, 0.05) is 31.7 Å². The predicted octanol–water partition coefficient (Wildman–Crippen LogP) is -0.128. The van der Waals surface area contributed by atoms with Crippen molar-refractivity contribution in [3.8, 4) is 0 Å². The molecule has 0 aromatic heterocycles. The Morgan fingerprint density at radius 2 is 2.00 bits per heavy atom. The second-order valence-electron chi connectivity index (χ2n) is 7.70. The van der Waals surface area contributed by atoms with E-state index in [1.54, 1.807) is 0 Å². The van der Waals surface area contributed by atoms with Gasteiger partial charge in [-0.1, -0.05) is 0 Å². The quantitative estimate of drug-likeness (QED) is 0.690. The van der Waals surface area contributed by atoms with Gasteiger partial charge in [0.25, 0.3) is 0 Å². The molecule has 0 aromatic rings. The van der Waals surface area contributed by atoms with Gasteiger partial charge in [0.15, 0.2) is 0 Å². The van der Waals surface area contributed by atoms with Crippen LogP contribution in [0, 0.1) is 0 Å². The van der Waals surface area contributed by atoms with Crippen LogP contribution in [0.25, 0.3) is 0 Å². The van der Waals surface area contributed by atoms with Gasteiger partial charge in [-0.3, -0.25) is 9.69 Å². The fraction of sp³-hybridized carbons (Fsp3) is 0.938. The number of hydrogen-bond donors (Lipinski definition) is 2. The number of hydrogen-bond acceptors (Lipinski definition) is 5. The highest BCUT2D eigenvalue weighted by atomic mass is 32.2. The molecule has 3 fully saturated rings. The van der Waals surface area contributed by atoms with Crippen molar-refractivity contribution in [1.82, 2.24) is 14.5 Å². The van der Waals surface area contributed by atoms with E-state index in [1.165, 1.54) is 6.26 Å². The summed E-state index contributed by atoms with van der Waals surface area (Å²) in [6, 6.07) is 0.484. The summed E-state index contributed by atoms with van der Waals surface area (Å²) in [5, 5.41) is 0. The van der Waals surface area contributed by atoms with E-state index in [9.17, 15) is 13.2 Å². The Morgan fingerprint density at radius 3 is 2.71 bits per heavy atom. The number of piperidine rings is 2. The highest BCUT2D eigenvalue weighted by molar-refractivity contribution is 7.88. The summed E-state index contributed by atoms with van der Waals surface area (Å²) in [4.78, 5) is 16.8. The van der Waals surface area contributed by atoms with Gasteiger partial charge in [0.2, 0.25) is 15.9 Å². The molecule has 3 heterocycles. The average Bonchev–Trinajstić information content (AvgIpc) is 2.69. The number of amides is 1. The van der Waals surface area contributed by atoms with Gasteiger partial charge in [-0.15, -0.1) is 0 Å². The first-order chi connectivity index (χ1) is 11.3. The Hall–Kier alpha value is -0.700. The van der Waals surface area contributed by atoms with Crippen LogP contribution in [0.4, 0.5) is 0 Å². The largest absolute Gasteiger partial charge is 0.368 e. The third-order valence-corrected chi connectivity index (χ3v) is 6.77. The van der Waals surface area contributed by atoms with Gasteiger partial charge in [-0.05, 0) is 51.5 Å². The van der Waals surface area contributed by atoms with Crippen LogP contribution in [-0.4, -0.2) is 74.2 Å². The van der Waals surface area contributed by atoms with Crippen LogP contribution < -0.4 is 10.5 Å². The zero-order chi connectivity index (χ0) is 17.4. The molecule has 7 nitrogen and oxygen atoms in total. The molecule has 3 aliphatic heterocycles. The lowest BCUT2D eigenvalue weighted by molar-refractivity contribution is -0.131. The van der Waals surface area contributed by atoms with E-state index in [0.717, 1.165) is 71.1 Å². The molecule has 3 saturated heterocycles. The number of fused-ring (bicyclic) bond motifs is 2. The van der Waals surface area contributed by atoms with Gasteiger partial charge in [0.1, 0.15) is 5.54 Å². The number of likely N-dealkylation sites (tertiary alicyclic amines) is 1. The van der Waals surface area contributed by atoms with Crippen LogP contribution in [0.1, 0.15) is 44.9 Å². The molecule has 0 aromatic carbocycles. The third-order valence-electron chi connectivity index (χ3n) is 6.01. The monoisotopic (exact) mass is 358 g/mol. The van der Waals surface area contributed by atoms with Gasteiger partial charge < -0.3 is 10.6 Å². The van der Waals surface area contributed by atoms with Crippen molar-refractivity contribution in [3.05, 3.63) is 0 Å². The molecule has 3 N–H and O–H groups in total. The lowest BCUT2D eigenvalue weighted by atomic mass is 9.87. The molecule has 0 aliphatic carbocycles. The van der Waals surface area contributed by atoms with Crippen LogP contribution in [0.2, 0.25) is 0 Å². The van der Waals surface area contributed by atoms with Crippen molar-refractivity contribution < 1.29 is 13.2 Å². The van der Waals surface area contributed by atoms with Crippen LogP contribution >= 0.6 is 0 Å². The van der Waals surface area contributed by atoms with E-state index >= 15 is 0 Å². The van der Waals surface area contributed by atoms with E-state index in [-0.39, 0.29) is 11.9 Å². The molecule has 3 rings (SSSR count). The smallest absolute Gasteiger partial charge is 0.237 e. The highest BCUT2D eigenvalue weighted by Gasteiger charge is 2.52. The second kappa shape index (κ2) is 6.90. The summed E-state index contributed by atoms with van der Waals surface area (Å²) < 4.78 is 25.6. The molecule has 2 bridgehead atoms. The first-order valence-corrected chi connectivity index (χ1v) is 11.0. The minimum atomic E-state index is -3.16. The first kappa shape index (κ1) is 18.1. The molecular weight excluding hydrogens is 328 g/mol. The van der Waals surface area contributed by atoms with Gasteiger partial charge in [0.05, 0.1) is 6.26 Å². The molecule has 0 saturated carbocycles. The molecule has 138 valence electrons. The summed E-state index contributed by atoms with van der Waals surface area (Å²) in [5.74, 6) is -0.167. The number of nitrogens with one attached hydrogen (secondary N) is 1. The Kier molecular flexibility index (Phi) is 5.20. The van der Waals surface area contributed by atoms with Gasteiger partial charge in [-0.2, -0.15) is 0 Å². The molecule has 24 heavy (non-hydrogen) atoms. The van der Waals surface area contributed by atoms with Crippen molar-refractivity contribution in [2.45, 2.75) is 62.6 Å². The van der Waals surface area contributed by atoms with Crippen molar-refractivity contribution in [1.29, 1.82) is 0 Å². The van der Waals surface area contributed by atoms with E-state index < -0.39 is 15.6 Å². The molecular formula is C16H30N4O3S. The normalized spacial score (nSPS) is 35.2. The fourth-order valence-electron chi connectivity index (χ4n) is 4.94. The Labute approximate surface area is 145 Å². The maximum Gasteiger partial charge on any atom is 0.237 e. The molecule has 0 unspecified atom stereocenters. The van der Waals surface area contributed by atoms with E-state index in [4.69, 9.17) is 5.73 Å². The minimum Gasteiger partial charge on any atom is -0.368 e. The zero-order valence-electron chi connectivity index (χ0n) is 14.5. The summed E-state index contributed by atoms with van der Waals surface area (Å²) in [6.07, 6.45) is 8.21. The number of nitrogens with zero attached hydrogens (tertiary/aromatic N) is 2. The molecule has 3 aliphatic rings. The minimum absolute atomic E-state index is 0.00284. The number of carbonyl (C=O) groups is 1. The molecule has 0 spiro atoms. The Bertz CT molecular complexity index is 578. The number of nitrogens with two attached hydrogens (primary N) is 1. The van der Waals surface area contributed by atoms with Crippen LogP contribution in [0.15, 0.2) is 0 Å². The summed E-state index contributed by atoms with van der Waals surface area (Å²) >= 11 is 0. The summed E-state index contributed by atoms with van der Waals surface area (Å²) in [7, 11) is -3.16. The van der Waals surface area contributed by atoms with Crippen molar-refractivity contribution in [2.75, 3.05) is 32.4 Å². The number of sulfonamides is 1. The topological polar surface area (TPSA) is 95.7 Å². The standard InChI is InChI=1S/C16H30N4O3S/c1-24(22,23)18-13-4-3-9-19(12-13)10-11-20-14-5-2-7-16(20,8-6-14)15(17)21/h13-14,18H,2-12H2,1H3,(H2,17,21)/t13-,14+,16-/m0/s1. The maximum atomic E-state index is 12.1. The average molecular weight is 359 g/mol. The molecule has 3 atom stereocenters. The van der Waals surface area contributed by atoms with Crippen LogP contribution in [0.5, 0.6) is 0 Å². The van der Waals surface area contributed by atoms with Gasteiger partial charge >= 0.3 is 0 Å². The maximum absolute atomic E-state index is 12.1. The molecule has 0 radical (unpaired) electrons. The lowest BCUT2D eigenvalue weighted by Gasteiger charge is -2.44. The highest BCUT2D eigenvalue weighted by Crippen LogP contribution is 2.43. The van der Waals surface area contributed by atoms with E-state index in [2.05, 4.69) is 14.5 Å². The van der Waals surface area contributed by atoms with Gasteiger partial charge in [-0.25, -0.2) is 13.1 Å². The number of rotatable bonds is 6. The van der Waals surface area contributed by atoms with E-state index in [1.807, 2.05) is 0 Å². The lowest BCUT2D eigenvalue weighted by Crippen LogP contribution is -2.59. The van der Waals surface area contributed by atoms with Crippen LogP contribution in [-0.2, 0) is 14.8 Å². The van der Waals surface area contributed by atoms with Crippen LogP contribution in [0.3, 0.4) is 0 Å². The van der Waals surface area contributed by atoms with Crippen molar-refractivity contribution >= 4 is 15.9 Å². The van der Waals surface area contributed by atoms with Crippen molar-refractivity contribution in [3.63, 3.8) is 0 Å². The summed E-state index contributed by atoms with van der Waals surface area (Å²) in [5.41, 5.74) is 5.33. The molecule has 1 amide bonds. The van der Waals surface area contributed by atoms with E-state index in [0.29, 0.717) is 6.04 Å². The number of primary amides is 1. The Morgan fingerprint density at radius 1 is 1.21 bits per heavy atom. The number of carbonyl (C=O) groups excluding carboxylic acids is 1. The third kappa shape index (κ3) is 3.76. The molecule has 8 heteroatoms. The first-order valence-electron chi connectivity index (χ1n) is 9.06. The van der Waals surface area contributed by atoms with Crippen molar-refractivity contribution in [2.24, 2.45) is 5.73 Å². The Balaban J connectivity index is 1.58. The fourth-order valence-corrected chi connectivity index (χ4v) is 5.74. The second-order valence-corrected chi connectivity index (χ2v) is 9.48. The zero-order valence-corrected chi connectivity index (χ0v) is 15.4. The predicted molar refractivity (Wildman–Crippen MR) is 92.9 cm³/mol. The SMILES string of the molecule is CS(=O)(=O)N[C@H]1CCCN(CCN2[C@@H]3CCC[C@@]2(C(N)=O)CC3)C1.